The van der Waals surface area contributed by atoms with Crippen LogP contribution in [0.4, 0.5) is 0 Å². The molecule has 116 valence electrons. The zero-order chi connectivity index (χ0) is 15.1. The van der Waals surface area contributed by atoms with E-state index in [1.165, 1.54) is 0 Å². The molecule has 1 amide bonds. The monoisotopic (exact) mass is 293 g/mol. The molecule has 0 radical (unpaired) electrons. The Morgan fingerprint density at radius 1 is 1.43 bits per heavy atom. The SMILES string of the molecule is NCCCn1cccc(OCC(=O)NC2CCCC2)c1=O. The molecule has 1 fully saturated rings. The van der Waals surface area contributed by atoms with Gasteiger partial charge in [0.05, 0.1) is 0 Å². The zero-order valence-electron chi connectivity index (χ0n) is 12.2. The van der Waals surface area contributed by atoms with Crippen molar-refractivity contribution in [2.24, 2.45) is 5.73 Å². The Bertz CT molecular complexity index is 521. The fraction of sp³-hybridized carbons (Fsp3) is 0.600. The largest absolute Gasteiger partial charge is 0.478 e. The van der Waals surface area contributed by atoms with E-state index < -0.39 is 0 Å². The van der Waals surface area contributed by atoms with Crippen molar-refractivity contribution in [2.45, 2.75) is 44.7 Å². The summed E-state index contributed by atoms with van der Waals surface area (Å²) < 4.78 is 6.91. The third-order valence-corrected chi connectivity index (χ3v) is 3.67. The van der Waals surface area contributed by atoms with E-state index in [2.05, 4.69) is 5.32 Å². The van der Waals surface area contributed by atoms with Crippen molar-refractivity contribution in [2.75, 3.05) is 13.2 Å². The second-order valence-corrected chi connectivity index (χ2v) is 5.35. The van der Waals surface area contributed by atoms with Crippen LogP contribution < -0.4 is 21.3 Å². The molecule has 6 heteroatoms. The van der Waals surface area contributed by atoms with E-state index in [-0.39, 0.29) is 29.9 Å². The number of nitrogens with zero attached hydrogens (tertiary/aromatic N) is 1. The summed E-state index contributed by atoms with van der Waals surface area (Å²) in [6.45, 7) is 0.967. The molecule has 0 spiro atoms. The van der Waals surface area contributed by atoms with E-state index in [1.54, 1.807) is 22.9 Å². The number of carbonyl (C=O) groups excluding carboxylic acids is 1. The van der Waals surface area contributed by atoms with Crippen molar-refractivity contribution < 1.29 is 9.53 Å². The van der Waals surface area contributed by atoms with Crippen molar-refractivity contribution >= 4 is 5.91 Å². The summed E-state index contributed by atoms with van der Waals surface area (Å²) in [5.41, 5.74) is 5.22. The minimum atomic E-state index is -0.223. The smallest absolute Gasteiger partial charge is 0.292 e. The summed E-state index contributed by atoms with van der Waals surface area (Å²) in [7, 11) is 0. The second-order valence-electron chi connectivity index (χ2n) is 5.35. The fourth-order valence-corrected chi connectivity index (χ4v) is 2.55. The van der Waals surface area contributed by atoms with Crippen LogP contribution in [0.1, 0.15) is 32.1 Å². The van der Waals surface area contributed by atoms with Gasteiger partial charge in [0.1, 0.15) is 0 Å². The number of hydrogen-bond donors (Lipinski definition) is 2. The van der Waals surface area contributed by atoms with Crippen molar-refractivity contribution in [3.8, 4) is 5.75 Å². The van der Waals surface area contributed by atoms with Crippen molar-refractivity contribution in [3.05, 3.63) is 28.7 Å². The highest BCUT2D eigenvalue weighted by Gasteiger charge is 2.17. The Hall–Kier alpha value is -1.82. The third-order valence-electron chi connectivity index (χ3n) is 3.67. The lowest BCUT2D eigenvalue weighted by Gasteiger charge is -2.13. The molecular formula is C15H23N3O3. The molecule has 0 aliphatic heterocycles. The minimum Gasteiger partial charge on any atom is -0.478 e. The number of aromatic nitrogens is 1. The molecule has 6 nitrogen and oxygen atoms in total. The van der Waals surface area contributed by atoms with E-state index in [0.717, 1.165) is 32.1 Å². The predicted octanol–water partition coefficient (Wildman–Crippen LogP) is 0.635. The maximum absolute atomic E-state index is 12.1. The number of rotatable bonds is 7. The van der Waals surface area contributed by atoms with Gasteiger partial charge in [0, 0.05) is 18.8 Å². The summed E-state index contributed by atoms with van der Waals surface area (Å²) >= 11 is 0. The van der Waals surface area contributed by atoms with Crippen LogP contribution in [0, 0.1) is 0 Å². The molecule has 1 heterocycles. The van der Waals surface area contributed by atoms with Gasteiger partial charge in [-0.1, -0.05) is 12.8 Å². The second kappa shape index (κ2) is 7.83. The normalized spacial score (nSPS) is 15.1. The summed E-state index contributed by atoms with van der Waals surface area (Å²) in [6, 6.07) is 3.59. The van der Waals surface area contributed by atoms with Gasteiger partial charge < -0.3 is 20.4 Å². The maximum atomic E-state index is 12.1. The van der Waals surface area contributed by atoms with Crippen LogP contribution >= 0.6 is 0 Å². The van der Waals surface area contributed by atoms with Crippen molar-refractivity contribution in [1.82, 2.24) is 9.88 Å². The van der Waals surface area contributed by atoms with Gasteiger partial charge in [0.15, 0.2) is 12.4 Å². The lowest BCUT2D eigenvalue weighted by molar-refractivity contribution is -0.123. The van der Waals surface area contributed by atoms with Gasteiger partial charge >= 0.3 is 0 Å². The molecule has 1 aromatic heterocycles. The number of amides is 1. The number of aryl methyl sites for hydroxylation is 1. The van der Waals surface area contributed by atoms with Gasteiger partial charge in [0.2, 0.25) is 0 Å². The van der Waals surface area contributed by atoms with Gasteiger partial charge in [-0.05, 0) is 37.9 Å². The molecule has 1 saturated carbocycles. The molecular weight excluding hydrogens is 270 g/mol. The number of nitrogens with two attached hydrogens (primary N) is 1. The van der Waals surface area contributed by atoms with Crippen molar-refractivity contribution in [1.29, 1.82) is 0 Å². The van der Waals surface area contributed by atoms with E-state index in [9.17, 15) is 9.59 Å². The quantitative estimate of drug-likeness (QED) is 0.772. The van der Waals surface area contributed by atoms with E-state index >= 15 is 0 Å². The third kappa shape index (κ3) is 4.60. The summed E-state index contributed by atoms with van der Waals surface area (Å²) in [6.07, 6.45) is 6.81. The molecule has 1 aromatic rings. The zero-order valence-corrected chi connectivity index (χ0v) is 12.2. The van der Waals surface area contributed by atoms with Crippen LogP contribution in [0.15, 0.2) is 23.1 Å². The predicted molar refractivity (Wildman–Crippen MR) is 80.3 cm³/mol. The summed E-state index contributed by atoms with van der Waals surface area (Å²) in [4.78, 5) is 23.9. The Morgan fingerprint density at radius 3 is 2.90 bits per heavy atom. The standard InChI is InChI=1S/C15H23N3O3/c16-8-4-10-18-9-3-7-13(15(18)20)21-11-14(19)17-12-5-1-2-6-12/h3,7,9,12H,1-2,4-6,8,10-11,16H2,(H,17,19). The number of ether oxygens (including phenoxy) is 1. The van der Waals surface area contributed by atoms with Crippen LogP contribution in [0.25, 0.3) is 0 Å². The average Bonchev–Trinajstić information content (AvgIpc) is 2.98. The molecule has 0 bridgehead atoms. The maximum Gasteiger partial charge on any atom is 0.292 e. The van der Waals surface area contributed by atoms with Gasteiger partial charge in [0.25, 0.3) is 11.5 Å². The first-order valence-electron chi connectivity index (χ1n) is 7.52. The highest BCUT2D eigenvalue weighted by molar-refractivity contribution is 5.77. The number of carbonyl (C=O) groups is 1. The lowest BCUT2D eigenvalue weighted by atomic mass is 10.2. The highest BCUT2D eigenvalue weighted by Crippen LogP contribution is 2.17. The fourth-order valence-electron chi connectivity index (χ4n) is 2.55. The lowest BCUT2D eigenvalue weighted by Crippen LogP contribution is -2.36. The molecule has 2 rings (SSSR count). The van der Waals surface area contributed by atoms with Gasteiger partial charge in [-0.15, -0.1) is 0 Å². The Morgan fingerprint density at radius 2 is 2.19 bits per heavy atom. The Labute approximate surface area is 124 Å². The van der Waals surface area contributed by atoms with E-state index in [0.29, 0.717) is 13.1 Å². The number of hydrogen-bond acceptors (Lipinski definition) is 4. The van der Waals surface area contributed by atoms with Crippen LogP contribution in [0.3, 0.4) is 0 Å². The molecule has 0 atom stereocenters. The van der Waals surface area contributed by atoms with Crippen LogP contribution in [-0.2, 0) is 11.3 Å². The van der Waals surface area contributed by atoms with Gasteiger partial charge in [-0.2, -0.15) is 0 Å². The molecule has 0 aromatic carbocycles. The molecule has 1 aliphatic carbocycles. The van der Waals surface area contributed by atoms with Crippen LogP contribution in [0.5, 0.6) is 5.75 Å². The van der Waals surface area contributed by atoms with Crippen molar-refractivity contribution in [3.63, 3.8) is 0 Å². The Kier molecular flexibility index (Phi) is 5.80. The van der Waals surface area contributed by atoms with Gasteiger partial charge in [-0.25, -0.2) is 0 Å². The molecule has 21 heavy (non-hydrogen) atoms. The molecule has 0 unspecified atom stereocenters. The first-order chi connectivity index (χ1) is 10.2. The van der Waals surface area contributed by atoms with Crippen LogP contribution in [0.2, 0.25) is 0 Å². The molecule has 3 N–H and O–H groups in total. The van der Waals surface area contributed by atoms with E-state index in [4.69, 9.17) is 10.5 Å². The van der Waals surface area contributed by atoms with Crippen LogP contribution in [-0.4, -0.2) is 29.7 Å². The minimum absolute atomic E-state index is 0.118. The molecule has 1 aliphatic rings. The topological polar surface area (TPSA) is 86.3 Å². The number of nitrogens with one attached hydrogen (secondary N) is 1. The molecule has 0 saturated heterocycles. The summed E-state index contributed by atoms with van der Waals surface area (Å²) in [5, 5.41) is 2.93. The highest BCUT2D eigenvalue weighted by atomic mass is 16.5. The van der Waals surface area contributed by atoms with Gasteiger partial charge in [-0.3, -0.25) is 9.59 Å². The van der Waals surface area contributed by atoms with E-state index in [1.807, 2.05) is 0 Å². The number of pyridine rings is 1. The first kappa shape index (κ1) is 15.6. The average molecular weight is 293 g/mol. The summed E-state index contributed by atoms with van der Waals surface area (Å²) in [5.74, 6) is 0.0368. The first-order valence-corrected chi connectivity index (χ1v) is 7.52. The Balaban J connectivity index is 1.87.